The first-order valence-electron chi connectivity index (χ1n) is 5.61. The molecule has 0 aliphatic carbocycles. The number of rotatable bonds is 1. The van der Waals surface area contributed by atoms with Gasteiger partial charge in [0.1, 0.15) is 12.0 Å². The van der Waals surface area contributed by atoms with Crippen molar-refractivity contribution in [2.75, 3.05) is 5.32 Å². The summed E-state index contributed by atoms with van der Waals surface area (Å²) >= 11 is 6.09. The van der Waals surface area contributed by atoms with E-state index in [1.165, 1.54) is 6.33 Å². The van der Waals surface area contributed by atoms with Crippen LogP contribution >= 0.6 is 11.6 Å². The zero-order valence-electron chi connectivity index (χ0n) is 9.81. The molecular formula is C13H11ClN4. The molecule has 1 aromatic carbocycles. The second kappa shape index (κ2) is 4.38. The number of aromatic nitrogens is 2. The summed E-state index contributed by atoms with van der Waals surface area (Å²) in [4.78, 5) is 12.6. The molecule has 2 aromatic rings. The Kier molecular flexibility index (Phi) is 2.72. The Balaban J connectivity index is 1.88. The molecule has 3 rings (SSSR count). The number of nitrogens with one attached hydrogen (secondary N) is 1. The Morgan fingerprint density at radius 3 is 3.06 bits per heavy atom. The summed E-state index contributed by atoms with van der Waals surface area (Å²) in [6, 6.07) is 5.84. The molecule has 1 aliphatic rings. The van der Waals surface area contributed by atoms with Crippen molar-refractivity contribution in [3.05, 3.63) is 52.6 Å². The fourth-order valence-electron chi connectivity index (χ4n) is 1.83. The van der Waals surface area contributed by atoms with Gasteiger partial charge in [0.2, 0.25) is 0 Å². The minimum Gasteiger partial charge on any atom is -0.339 e. The van der Waals surface area contributed by atoms with E-state index in [1.807, 2.05) is 25.1 Å². The molecule has 5 heteroatoms. The van der Waals surface area contributed by atoms with Crippen LogP contribution in [-0.4, -0.2) is 15.8 Å². The number of hydrogen-bond acceptors (Lipinski definition) is 4. The van der Waals surface area contributed by atoms with Gasteiger partial charge in [-0.05, 0) is 24.6 Å². The molecule has 4 nitrogen and oxygen atoms in total. The second-order valence-corrected chi connectivity index (χ2v) is 4.56. The highest BCUT2D eigenvalue weighted by Crippen LogP contribution is 2.22. The molecule has 0 amide bonds. The van der Waals surface area contributed by atoms with Gasteiger partial charge in [-0.2, -0.15) is 0 Å². The lowest BCUT2D eigenvalue weighted by Crippen LogP contribution is -2.13. The molecule has 1 aliphatic heterocycles. The van der Waals surface area contributed by atoms with Crippen molar-refractivity contribution in [1.82, 2.24) is 9.97 Å². The topological polar surface area (TPSA) is 50.2 Å². The molecule has 1 aromatic heterocycles. The molecule has 0 atom stereocenters. The lowest BCUT2D eigenvalue weighted by molar-refractivity contribution is 1.04. The van der Waals surface area contributed by atoms with Gasteiger partial charge < -0.3 is 5.32 Å². The van der Waals surface area contributed by atoms with E-state index in [0.29, 0.717) is 6.54 Å². The summed E-state index contributed by atoms with van der Waals surface area (Å²) in [5.41, 5.74) is 3.87. The van der Waals surface area contributed by atoms with Gasteiger partial charge in [-0.1, -0.05) is 17.7 Å². The number of amidine groups is 1. The molecule has 0 spiro atoms. The number of nitrogens with zero attached hydrogens (tertiary/aromatic N) is 3. The van der Waals surface area contributed by atoms with Gasteiger partial charge in [0.25, 0.3) is 0 Å². The predicted octanol–water partition coefficient (Wildman–Crippen LogP) is 2.81. The summed E-state index contributed by atoms with van der Waals surface area (Å²) in [5.74, 6) is 0.771. The number of aliphatic imine (C=N–C) groups is 1. The molecule has 0 radical (unpaired) electrons. The van der Waals surface area contributed by atoms with Crippen LogP contribution in [0.25, 0.3) is 0 Å². The summed E-state index contributed by atoms with van der Waals surface area (Å²) < 4.78 is 0. The third-order valence-electron chi connectivity index (χ3n) is 2.85. The van der Waals surface area contributed by atoms with Crippen molar-refractivity contribution >= 4 is 23.1 Å². The van der Waals surface area contributed by atoms with Crippen LogP contribution in [0.2, 0.25) is 5.02 Å². The van der Waals surface area contributed by atoms with E-state index >= 15 is 0 Å². The van der Waals surface area contributed by atoms with Crippen LogP contribution < -0.4 is 5.32 Å². The Hall–Kier alpha value is -1.94. The second-order valence-electron chi connectivity index (χ2n) is 4.15. The lowest BCUT2D eigenvalue weighted by Gasteiger charge is -2.08. The highest BCUT2D eigenvalue weighted by atomic mass is 35.5. The maximum Gasteiger partial charge on any atom is 0.152 e. The van der Waals surface area contributed by atoms with Gasteiger partial charge in [0.05, 0.1) is 6.54 Å². The van der Waals surface area contributed by atoms with Crippen LogP contribution in [0, 0.1) is 6.92 Å². The predicted molar refractivity (Wildman–Crippen MR) is 72.1 cm³/mol. The van der Waals surface area contributed by atoms with E-state index in [4.69, 9.17) is 11.6 Å². The maximum atomic E-state index is 6.09. The van der Waals surface area contributed by atoms with Crippen LogP contribution in [0.3, 0.4) is 0 Å². The first-order chi connectivity index (χ1) is 8.74. The number of anilines is 1. The average molecular weight is 259 g/mol. The molecule has 0 bridgehead atoms. The highest BCUT2D eigenvalue weighted by molar-refractivity contribution is 6.31. The quantitative estimate of drug-likeness (QED) is 0.856. The number of aryl methyl sites for hydroxylation is 1. The van der Waals surface area contributed by atoms with Crippen LogP contribution in [0.4, 0.5) is 5.69 Å². The van der Waals surface area contributed by atoms with Crippen molar-refractivity contribution < 1.29 is 0 Å². The number of fused-ring (bicyclic) bond motifs is 1. The number of hydrogen-bond donors (Lipinski definition) is 1. The Labute approximate surface area is 110 Å². The van der Waals surface area contributed by atoms with Crippen molar-refractivity contribution in [2.24, 2.45) is 4.99 Å². The monoisotopic (exact) mass is 258 g/mol. The van der Waals surface area contributed by atoms with Gasteiger partial charge in [0.15, 0.2) is 5.84 Å². The van der Waals surface area contributed by atoms with Crippen LogP contribution in [0.1, 0.15) is 16.8 Å². The molecule has 0 unspecified atom stereocenters. The summed E-state index contributed by atoms with van der Waals surface area (Å²) in [6.07, 6.45) is 3.33. The Morgan fingerprint density at radius 1 is 1.33 bits per heavy atom. The molecule has 0 saturated carbocycles. The van der Waals surface area contributed by atoms with Crippen molar-refractivity contribution in [2.45, 2.75) is 13.5 Å². The van der Waals surface area contributed by atoms with Crippen LogP contribution in [-0.2, 0) is 6.54 Å². The number of halogens is 1. The minimum atomic E-state index is 0.623. The Bertz CT molecular complexity index is 637. The first kappa shape index (κ1) is 11.2. The highest BCUT2D eigenvalue weighted by Gasteiger charge is 2.17. The van der Waals surface area contributed by atoms with Crippen LogP contribution in [0.5, 0.6) is 0 Å². The van der Waals surface area contributed by atoms with Crippen molar-refractivity contribution in [1.29, 1.82) is 0 Å². The molecule has 2 heterocycles. The summed E-state index contributed by atoms with van der Waals surface area (Å²) in [7, 11) is 0. The number of benzene rings is 1. The van der Waals surface area contributed by atoms with Gasteiger partial charge in [0, 0.05) is 22.5 Å². The smallest absolute Gasteiger partial charge is 0.152 e. The SMILES string of the molecule is Cc1ccc(NC2=NCc3cncnc32)cc1Cl. The van der Waals surface area contributed by atoms with Crippen molar-refractivity contribution in [3.63, 3.8) is 0 Å². The third kappa shape index (κ3) is 1.95. The standard InChI is InChI=1S/C13H11ClN4/c1-8-2-3-10(4-11(8)14)18-13-12-9(6-16-13)5-15-7-17-12/h2-5,7H,6H2,1H3,(H,16,18). The lowest BCUT2D eigenvalue weighted by atomic mass is 10.2. The molecule has 1 N–H and O–H groups in total. The zero-order chi connectivity index (χ0) is 12.5. The van der Waals surface area contributed by atoms with Gasteiger partial charge in [-0.25, -0.2) is 9.97 Å². The van der Waals surface area contributed by atoms with Crippen LogP contribution in [0.15, 0.2) is 35.7 Å². The molecule has 0 saturated heterocycles. The van der Waals surface area contributed by atoms with E-state index < -0.39 is 0 Å². The minimum absolute atomic E-state index is 0.623. The molecule has 0 fully saturated rings. The van der Waals surface area contributed by atoms with Gasteiger partial charge >= 0.3 is 0 Å². The summed E-state index contributed by atoms with van der Waals surface area (Å²) in [6.45, 7) is 2.60. The summed E-state index contributed by atoms with van der Waals surface area (Å²) in [5, 5.41) is 3.98. The molecule has 90 valence electrons. The fraction of sp³-hybridized carbons (Fsp3) is 0.154. The molecule has 18 heavy (non-hydrogen) atoms. The largest absolute Gasteiger partial charge is 0.339 e. The van der Waals surface area contributed by atoms with E-state index in [-0.39, 0.29) is 0 Å². The normalized spacial score (nSPS) is 13.1. The van der Waals surface area contributed by atoms with E-state index in [0.717, 1.165) is 33.4 Å². The van der Waals surface area contributed by atoms with E-state index in [2.05, 4.69) is 20.3 Å². The first-order valence-corrected chi connectivity index (χ1v) is 5.99. The third-order valence-corrected chi connectivity index (χ3v) is 3.26. The van der Waals surface area contributed by atoms with E-state index in [1.54, 1.807) is 6.20 Å². The maximum absolute atomic E-state index is 6.09. The van der Waals surface area contributed by atoms with E-state index in [9.17, 15) is 0 Å². The fourth-order valence-corrected chi connectivity index (χ4v) is 2.01. The van der Waals surface area contributed by atoms with Gasteiger partial charge in [-0.15, -0.1) is 0 Å². The molecular weight excluding hydrogens is 248 g/mol. The Morgan fingerprint density at radius 2 is 2.22 bits per heavy atom. The van der Waals surface area contributed by atoms with Gasteiger partial charge in [-0.3, -0.25) is 4.99 Å². The van der Waals surface area contributed by atoms with Crippen molar-refractivity contribution in [3.8, 4) is 0 Å². The average Bonchev–Trinajstić information content (AvgIpc) is 2.78. The zero-order valence-corrected chi connectivity index (χ0v) is 10.6.